The van der Waals surface area contributed by atoms with E-state index in [1.165, 1.54) is 11.3 Å². The highest BCUT2D eigenvalue weighted by molar-refractivity contribution is 7.12. The third-order valence-corrected chi connectivity index (χ3v) is 5.19. The van der Waals surface area contributed by atoms with Gasteiger partial charge in [0.2, 0.25) is 5.91 Å². The quantitative estimate of drug-likeness (QED) is 0.750. The Bertz CT molecular complexity index is 728. The minimum absolute atomic E-state index is 0. The number of thiophene rings is 1. The normalized spacial score (nSPS) is 15.7. The molecule has 25 heavy (non-hydrogen) atoms. The molecule has 1 aromatic carbocycles. The highest BCUT2D eigenvalue weighted by atomic mass is 35.5. The van der Waals surface area contributed by atoms with Crippen molar-refractivity contribution in [1.82, 2.24) is 0 Å². The van der Waals surface area contributed by atoms with Gasteiger partial charge in [0.1, 0.15) is 0 Å². The molecule has 0 unspecified atom stereocenters. The average molecular weight is 380 g/mol. The second-order valence-electron chi connectivity index (χ2n) is 6.18. The van der Waals surface area contributed by atoms with Gasteiger partial charge in [0.25, 0.3) is 5.91 Å². The molecule has 0 saturated heterocycles. The van der Waals surface area contributed by atoms with Crippen LogP contribution in [0.3, 0.4) is 0 Å². The van der Waals surface area contributed by atoms with Crippen LogP contribution < -0.4 is 16.4 Å². The van der Waals surface area contributed by atoms with E-state index >= 15 is 0 Å². The molecule has 0 radical (unpaired) electrons. The number of rotatable bonds is 4. The van der Waals surface area contributed by atoms with Gasteiger partial charge in [-0.1, -0.05) is 31.4 Å². The topological polar surface area (TPSA) is 84.2 Å². The van der Waals surface area contributed by atoms with Crippen molar-refractivity contribution in [3.63, 3.8) is 0 Å². The zero-order valence-corrected chi connectivity index (χ0v) is 15.4. The van der Waals surface area contributed by atoms with Crippen LogP contribution in [0.25, 0.3) is 0 Å². The first kappa shape index (κ1) is 19.4. The molecule has 1 heterocycles. The van der Waals surface area contributed by atoms with E-state index < -0.39 is 5.54 Å². The van der Waals surface area contributed by atoms with Crippen molar-refractivity contribution in [3.8, 4) is 0 Å². The third-order valence-electron chi connectivity index (χ3n) is 4.32. The summed E-state index contributed by atoms with van der Waals surface area (Å²) in [6.45, 7) is 0. The molecule has 1 fully saturated rings. The molecule has 2 aromatic rings. The van der Waals surface area contributed by atoms with Crippen molar-refractivity contribution in [1.29, 1.82) is 0 Å². The van der Waals surface area contributed by atoms with Crippen LogP contribution in [0, 0.1) is 0 Å². The van der Waals surface area contributed by atoms with Gasteiger partial charge < -0.3 is 16.4 Å². The molecule has 7 heteroatoms. The molecule has 1 aliphatic rings. The van der Waals surface area contributed by atoms with Crippen LogP contribution >= 0.6 is 23.7 Å². The summed E-state index contributed by atoms with van der Waals surface area (Å²) in [5.41, 5.74) is 6.75. The number of carbonyl (C=O) groups is 2. The van der Waals surface area contributed by atoms with E-state index in [1.54, 1.807) is 30.3 Å². The van der Waals surface area contributed by atoms with Crippen LogP contribution in [0.5, 0.6) is 0 Å². The second-order valence-corrected chi connectivity index (χ2v) is 7.13. The minimum atomic E-state index is -0.783. The Morgan fingerprint density at radius 2 is 1.68 bits per heavy atom. The second kappa shape index (κ2) is 8.47. The van der Waals surface area contributed by atoms with Crippen LogP contribution in [0.4, 0.5) is 11.4 Å². The van der Waals surface area contributed by atoms with Gasteiger partial charge in [-0.25, -0.2) is 0 Å². The van der Waals surface area contributed by atoms with Gasteiger partial charge in [-0.2, -0.15) is 0 Å². The molecule has 1 aliphatic carbocycles. The molecular weight excluding hydrogens is 358 g/mol. The van der Waals surface area contributed by atoms with Crippen LogP contribution in [-0.4, -0.2) is 17.4 Å². The maximum Gasteiger partial charge on any atom is 0.265 e. The van der Waals surface area contributed by atoms with E-state index in [9.17, 15) is 9.59 Å². The lowest BCUT2D eigenvalue weighted by molar-refractivity contribution is -0.122. The lowest BCUT2D eigenvalue weighted by Gasteiger charge is -2.31. The Morgan fingerprint density at radius 3 is 2.32 bits per heavy atom. The molecule has 4 N–H and O–H groups in total. The summed E-state index contributed by atoms with van der Waals surface area (Å²) in [6.07, 6.45) is 4.54. The summed E-state index contributed by atoms with van der Waals surface area (Å²) < 4.78 is 0. The van der Waals surface area contributed by atoms with Crippen molar-refractivity contribution >= 4 is 46.9 Å². The predicted molar refractivity (Wildman–Crippen MR) is 105 cm³/mol. The monoisotopic (exact) mass is 379 g/mol. The van der Waals surface area contributed by atoms with Crippen molar-refractivity contribution in [2.75, 3.05) is 10.6 Å². The molecule has 2 amide bonds. The number of carbonyl (C=O) groups excluding carboxylic acids is 2. The van der Waals surface area contributed by atoms with Gasteiger partial charge in [-0.3, -0.25) is 9.59 Å². The first-order valence-corrected chi connectivity index (χ1v) is 9.00. The minimum Gasteiger partial charge on any atom is -0.324 e. The molecule has 5 nitrogen and oxygen atoms in total. The Kier molecular flexibility index (Phi) is 6.58. The molecule has 1 aromatic heterocycles. The number of benzene rings is 1. The smallest absolute Gasteiger partial charge is 0.265 e. The number of amides is 2. The lowest BCUT2D eigenvalue weighted by Crippen LogP contribution is -2.52. The molecule has 0 bridgehead atoms. The highest BCUT2D eigenvalue weighted by Crippen LogP contribution is 2.27. The van der Waals surface area contributed by atoms with E-state index in [2.05, 4.69) is 10.6 Å². The SMILES string of the molecule is Cl.NC1(C(=O)Nc2cccc(NC(=O)c3cccs3)c2)CCCCC1. The number of nitrogens with one attached hydrogen (secondary N) is 2. The van der Waals surface area contributed by atoms with Gasteiger partial charge in [-0.05, 0) is 42.5 Å². The van der Waals surface area contributed by atoms with E-state index in [4.69, 9.17) is 5.73 Å². The molecule has 3 rings (SSSR count). The Labute approximate surface area is 157 Å². The van der Waals surface area contributed by atoms with Crippen molar-refractivity contribution in [2.45, 2.75) is 37.6 Å². The molecule has 1 saturated carbocycles. The Balaban J connectivity index is 0.00000225. The van der Waals surface area contributed by atoms with E-state index in [1.807, 2.05) is 11.4 Å². The summed E-state index contributed by atoms with van der Waals surface area (Å²) in [5.74, 6) is -0.306. The Morgan fingerprint density at radius 1 is 1.00 bits per heavy atom. The molecule has 134 valence electrons. The summed E-state index contributed by atoms with van der Waals surface area (Å²) in [7, 11) is 0. The summed E-state index contributed by atoms with van der Waals surface area (Å²) >= 11 is 1.39. The van der Waals surface area contributed by atoms with Gasteiger partial charge in [-0.15, -0.1) is 23.7 Å². The predicted octanol–water partition coefficient (Wildman–Crippen LogP) is 4.02. The maximum absolute atomic E-state index is 12.5. The Hall–Kier alpha value is -1.89. The van der Waals surface area contributed by atoms with Crippen molar-refractivity contribution in [3.05, 3.63) is 46.7 Å². The van der Waals surface area contributed by atoms with Crippen LogP contribution in [0.1, 0.15) is 41.8 Å². The number of anilines is 2. The molecular formula is C18H22ClN3O2S. The first-order valence-electron chi connectivity index (χ1n) is 8.12. The fraction of sp³-hybridized carbons (Fsp3) is 0.333. The van der Waals surface area contributed by atoms with E-state index in [-0.39, 0.29) is 24.2 Å². The number of hydrogen-bond donors (Lipinski definition) is 3. The third kappa shape index (κ3) is 4.81. The fourth-order valence-corrected chi connectivity index (χ4v) is 3.56. The standard InChI is InChI=1S/C18H21N3O2S.ClH/c19-18(9-2-1-3-10-18)17(23)21-14-7-4-6-13(12-14)20-16(22)15-8-5-11-24-15;/h4-8,11-12H,1-3,9-10,19H2,(H,20,22)(H,21,23);1H. The fourth-order valence-electron chi connectivity index (χ4n) is 2.94. The van der Waals surface area contributed by atoms with Crippen LogP contribution in [0.2, 0.25) is 0 Å². The highest BCUT2D eigenvalue weighted by Gasteiger charge is 2.35. The van der Waals surface area contributed by atoms with Crippen LogP contribution in [0.15, 0.2) is 41.8 Å². The van der Waals surface area contributed by atoms with Gasteiger partial charge in [0.15, 0.2) is 0 Å². The number of hydrogen-bond acceptors (Lipinski definition) is 4. The largest absolute Gasteiger partial charge is 0.324 e. The van der Waals surface area contributed by atoms with Crippen molar-refractivity contribution in [2.24, 2.45) is 5.73 Å². The zero-order chi connectivity index (χ0) is 17.0. The molecule has 0 spiro atoms. The molecule has 0 atom stereocenters. The lowest BCUT2D eigenvalue weighted by atomic mass is 9.82. The van der Waals surface area contributed by atoms with Gasteiger partial charge in [0, 0.05) is 11.4 Å². The van der Waals surface area contributed by atoms with Gasteiger partial charge in [0.05, 0.1) is 10.4 Å². The summed E-state index contributed by atoms with van der Waals surface area (Å²) in [5, 5.41) is 7.58. The average Bonchev–Trinajstić information content (AvgIpc) is 3.10. The molecule has 0 aliphatic heterocycles. The summed E-state index contributed by atoms with van der Waals surface area (Å²) in [4.78, 5) is 25.2. The zero-order valence-electron chi connectivity index (χ0n) is 13.8. The first-order chi connectivity index (χ1) is 11.6. The van der Waals surface area contributed by atoms with E-state index in [0.717, 1.165) is 19.3 Å². The maximum atomic E-state index is 12.5. The van der Waals surface area contributed by atoms with Crippen molar-refractivity contribution < 1.29 is 9.59 Å². The van der Waals surface area contributed by atoms with Crippen LogP contribution in [-0.2, 0) is 4.79 Å². The van der Waals surface area contributed by atoms with E-state index in [0.29, 0.717) is 29.1 Å². The van der Waals surface area contributed by atoms with Gasteiger partial charge >= 0.3 is 0 Å². The number of halogens is 1. The number of nitrogens with two attached hydrogens (primary N) is 1. The summed E-state index contributed by atoms with van der Waals surface area (Å²) in [6, 6.07) is 10.7.